The van der Waals surface area contributed by atoms with Gasteiger partial charge in [-0.3, -0.25) is 0 Å². The Kier molecular flexibility index (Phi) is 21.5. The minimum atomic E-state index is -0.499. The van der Waals surface area contributed by atoms with E-state index in [0.717, 1.165) is 38.5 Å². The molecule has 0 spiro atoms. The van der Waals surface area contributed by atoms with Gasteiger partial charge in [0, 0.05) is 41.4 Å². The molecule has 8 saturated heterocycles. The second kappa shape index (κ2) is 26.5. The first-order valence-corrected chi connectivity index (χ1v) is 31.4. The fourth-order valence-electron chi connectivity index (χ4n) is 14.5. The number of aliphatic hydroxyl groups excluding tert-OH is 1. The number of hydrogen-bond acceptors (Lipinski definition) is 15. The van der Waals surface area contributed by atoms with Crippen molar-refractivity contribution in [2.75, 3.05) is 6.61 Å². The van der Waals surface area contributed by atoms with Gasteiger partial charge in [0.25, 0.3) is 0 Å². The van der Waals surface area contributed by atoms with Crippen LogP contribution in [-0.2, 0) is 66.3 Å². The molecule has 8 aliphatic heterocycles. The number of hydrogen-bond donors (Lipinski definition) is 1. The normalized spacial score (nSPS) is 54.6. The highest BCUT2D eigenvalue weighted by molar-refractivity contribution is 4.97. The molecule has 8 aliphatic rings. The molecular weight excluding hydrogens is 985 g/mol. The zero-order valence-corrected chi connectivity index (χ0v) is 51.3. The maximum Gasteiger partial charge on any atom is 0.161 e. The molecule has 15 nitrogen and oxygen atoms in total. The summed E-state index contributed by atoms with van der Waals surface area (Å²) in [5.74, 6) is 1.71. The van der Waals surface area contributed by atoms with Crippen LogP contribution in [0.3, 0.4) is 0 Å². The summed E-state index contributed by atoms with van der Waals surface area (Å²) in [5, 5.41) is 10.9. The van der Waals surface area contributed by atoms with Gasteiger partial charge in [0.2, 0.25) is 0 Å². The molecule has 0 aromatic heterocycles. The van der Waals surface area contributed by atoms with E-state index in [1.54, 1.807) is 0 Å². The molecule has 15 heteroatoms. The third-order valence-electron chi connectivity index (χ3n) is 21.8. The maximum absolute atomic E-state index is 10.9. The second-order valence-corrected chi connectivity index (χ2v) is 26.2. The van der Waals surface area contributed by atoms with E-state index in [9.17, 15) is 5.11 Å². The Morgan fingerprint density at radius 1 is 0.286 bits per heavy atom. The van der Waals surface area contributed by atoms with Gasteiger partial charge < -0.3 is 71.4 Å². The molecule has 0 aliphatic carbocycles. The molecule has 0 radical (unpaired) electrons. The largest absolute Gasteiger partial charge is 0.390 e. The lowest BCUT2D eigenvalue weighted by molar-refractivity contribution is -0.369. The van der Waals surface area contributed by atoms with Gasteiger partial charge in [0.1, 0.15) is 6.10 Å². The summed E-state index contributed by atoms with van der Waals surface area (Å²) in [6, 6.07) is 0. The van der Waals surface area contributed by atoms with E-state index in [2.05, 4.69) is 138 Å². The lowest BCUT2D eigenvalue weighted by Gasteiger charge is -2.52. The zero-order chi connectivity index (χ0) is 56.1. The predicted octanol–water partition coefficient (Wildman–Crippen LogP) is 11.1. The van der Waals surface area contributed by atoms with E-state index in [4.69, 9.17) is 66.3 Å². The van der Waals surface area contributed by atoms with Crippen LogP contribution in [0, 0.1) is 82.9 Å². The summed E-state index contributed by atoms with van der Waals surface area (Å²) >= 11 is 0. The van der Waals surface area contributed by atoms with Gasteiger partial charge >= 0.3 is 0 Å². The summed E-state index contributed by atoms with van der Waals surface area (Å²) in [4.78, 5) is 0. The molecule has 448 valence electrons. The summed E-state index contributed by atoms with van der Waals surface area (Å²) in [6.07, 6.45) is -0.526. The third-order valence-corrected chi connectivity index (χ3v) is 21.8. The summed E-state index contributed by atoms with van der Waals surface area (Å²) < 4.78 is 95.4. The first kappa shape index (κ1) is 62.4. The molecule has 2 bridgehead atoms. The molecule has 0 saturated carbocycles. The molecule has 0 amide bonds. The van der Waals surface area contributed by atoms with E-state index in [0.29, 0.717) is 12.5 Å². The van der Waals surface area contributed by atoms with Crippen molar-refractivity contribution < 1.29 is 71.4 Å². The van der Waals surface area contributed by atoms with Crippen LogP contribution >= 0.6 is 0 Å². The quantitative estimate of drug-likeness (QED) is 0.139. The van der Waals surface area contributed by atoms with Crippen molar-refractivity contribution in [1.29, 1.82) is 0 Å². The monoisotopic (exact) mass is 1090 g/mol. The van der Waals surface area contributed by atoms with Crippen LogP contribution in [-0.4, -0.2) is 141 Å². The van der Waals surface area contributed by atoms with Crippen LogP contribution in [0.15, 0.2) is 0 Å². The van der Waals surface area contributed by atoms with Crippen molar-refractivity contribution in [3.63, 3.8) is 0 Å². The first-order valence-electron chi connectivity index (χ1n) is 31.4. The molecule has 8 rings (SSSR count). The molecule has 35 atom stereocenters. The number of fused-ring (bicyclic) bond motifs is 2. The van der Waals surface area contributed by atoms with E-state index in [1.165, 1.54) is 0 Å². The zero-order valence-electron chi connectivity index (χ0n) is 51.3. The van der Waals surface area contributed by atoms with Crippen molar-refractivity contribution in [2.45, 2.75) is 306 Å². The third kappa shape index (κ3) is 12.5. The van der Waals surface area contributed by atoms with Gasteiger partial charge in [-0.05, 0) is 80.0 Å². The number of rotatable bonds is 18. The van der Waals surface area contributed by atoms with E-state index < -0.39 is 37.6 Å². The van der Waals surface area contributed by atoms with Crippen molar-refractivity contribution >= 4 is 0 Å². The molecule has 77 heavy (non-hydrogen) atoms. The van der Waals surface area contributed by atoms with Crippen molar-refractivity contribution in [3.8, 4) is 0 Å². The minimum absolute atomic E-state index is 0.0459. The topological polar surface area (TPSA) is 149 Å². The SMILES string of the molecule is CCC1O[C@H](O[C@H]2C(CC)O[C@@H](O[C@H]3C(CC)O[C@@H](O[C@H]4C(C)C(C)[C@@H]5OC[C@@H]4O5)C(C)[C@H]3C)C(C)[C@H]2C)C(C)C(C)[C@@H]1O[C@H]1OC(CC)[C@@H](O[C@@H]2OC(CC)[C@H](OC3OC(CC)[C@H](O)[C@H](C)[C@H]3C)[C@H](C)C2C)C(C)C1C. The average Bonchev–Trinajstić information content (AvgIpc) is 3.94. The molecule has 8 heterocycles. The smallest absolute Gasteiger partial charge is 0.161 e. The predicted molar refractivity (Wildman–Crippen MR) is 292 cm³/mol. The van der Waals surface area contributed by atoms with Crippen LogP contribution in [0.2, 0.25) is 0 Å². The minimum Gasteiger partial charge on any atom is -0.390 e. The van der Waals surface area contributed by atoms with E-state index in [1.807, 2.05) is 0 Å². The Labute approximate surface area is 465 Å². The molecular formula is C62H110O15. The van der Waals surface area contributed by atoms with Gasteiger partial charge in [-0.25, -0.2) is 0 Å². The Morgan fingerprint density at radius 3 is 0.792 bits per heavy atom. The summed E-state index contributed by atoms with van der Waals surface area (Å²) in [5.41, 5.74) is 0. The highest BCUT2D eigenvalue weighted by Crippen LogP contribution is 2.47. The summed E-state index contributed by atoms with van der Waals surface area (Å²) in [6.45, 7) is 44.7. The fourth-order valence-corrected chi connectivity index (χ4v) is 14.5. The van der Waals surface area contributed by atoms with Crippen LogP contribution in [0.4, 0.5) is 0 Å². The van der Waals surface area contributed by atoms with Crippen molar-refractivity contribution in [2.24, 2.45) is 82.9 Å². The molecule has 1 N–H and O–H groups in total. The number of aliphatic hydroxyl groups is 1. The highest BCUT2D eigenvalue weighted by Gasteiger charge is 2.55. The molecule has 0 aromatic rings. The van der Waals surface area contributed by atoms with Gasteiger partial charge in [-0.1, -0.05) is 138 Å². The van der Waals surface area contributed by atoms with Gasteiger partial charge in [0.15, 0.2) is 44.0 Å². The molecule has 8 fully saturated rings. The van der Waals surface area contributed by atoms with Crippen LogP contribution in [0.25, 0.3) is 0 Å². The van der Waals surface area contributed by atoms with Crippen LogP contribution in [0.5, 0.6) is 0 Å². The van der Waals surface area contributed by atoms with E-state index >= 15 is 0 Å². The van der Waals surface area contributed by atoms with Gasteiger partial charge in [-0.2, -0.15) is 0 Å². The number of ether oxygens (including phenoxy) is 14. The average molecular weight is 1100 g/mol. The van der Waals surface area contributed by atoms with E-state index in [-0.39, 0.29) is 169 Å². The Morgan fingerprint density at radius 2 is 0.519 bits per heavy atom. The Bertz CT molecular complexity index is 1800. The fraction of sp³-hybridized carbons (Fsp3) is 1.00. The second-order valence-electron chi connectivity index (χ2n) is 26.2. The standard InChI is InChI=1S/C62H110O15/c1-21-42-49(63)28(7)35(14)57(65-42)72-50-30(9)37(16)58(66-43(50)22-2)73-51-31(10)38(17)59(67-44(51)23-3)74-52-32(11)39(18)60(68-45(52)24-4)75-53-33(12)40(19)61(69-46(53)25-5)76-54-34(13)41(20)62(70-47(54)26-6)77-55-29(8)36(15)56-64-27-48(55)71-56/h28-63H,21-27H2,1-20H3/t28-,29?,30-,31?,32?,33-,34-,35-,36?,37?,38?,39?,40?,41?,42?,43?,44?,45?,46?,47?,48+,49-,50-,51+,52+,53-,54-,55+,56-,57?,58+,59-,60-,61+,62+/m1/s1. The van der Waals surface area contributed by atoms with Crippen LogP contribution < -0.4 is 0 Å². The Hall–Kier alpha value is -0.600. The van der Waals surface area contributed by atoms with Crippen molar-refractivity contribution in [1.82, 2.24) is 0 Å². The lowest BCUT2D eigenvalue weighted by atomic mass is 9.80. The lowest BCUT2D eigenvalue weighted by Crippen LogP contribution is -2.60. The molecule has 16 unspecified atom stereocenters. The maximum atomic E-state index is 10.9. The van der Waals surface area contributed by atoms with Gasteiger partial charge in [0.05, 0.1) is 86.0 Å². The van der Waals surface area contributed by atoms with Crippen molar-refractivity contribution in [3.05, 3.63) is 0 Å². The molecule has 0 aromatic carbocycles. The Balaban J connectivity index is 0.859. The van der Waals surface area contributed by atoms with Crippen LogP contribution in [0.1, 0.15) is 177 Å². The van der Waals surface area contributed by atoms with Gasteiger partial charge in [-0.15, -0.1) is 0 Å². The highest BCUT2D eigenvalue weighted by atomic mass is 16.8. The summed E-state index contributed by atoms with van der Waals surface area (Å²) in [7, 11) is 0. The first-order chi connectivity index (χ1) is 36.6.